The highest BCUT2D eigenvalue weighted by atomic mass is 16.7. The Bertz CT molecular complexity index is 204. The molecule has 0 bridgehead atoms. The van der Waals surface area contributed by atoms with Gasteiger partial charge in [0.25, 0.3) is 5.91 Å². The molecule has 1 amide bonds. The highest BCUT2D eigenvalue weighted by Gasteiger charge is 2.35. The van der Waals surface area contributed by atoms with Crippen molar-refractivity contribution in [2.75, 3.05) is 26.4 Å². The topological polar surface area (TPSA) is 64.8 Å². The maximum Gasteiger partial charge on any atom is 0.253 e. The number of carbonyl (C=O) groups is 1. The van der Waals surface area contributed by atoms with Crippen molar-refractivity contribution in [2.24, 2.45) is 11.7 Å². The fourth-order valence-electron chi connectivity index (χ4n) is 1.63. The zero-order valence-electron chi connectivity index (χ0n) is 7.44. The van der Waals surface area contributed by atoms with Crippen molar-refractivity contribution >= 4 is 5.91 Å². The zero-order chi connectivity index (χ0) is 9.26. The minimum Gasteiger partial charge on any atom is -0.379 e. The Balaban J connectivity index is 1.95. The summed E-state index contributed by atoms with van der Waals surface area (Å²) in [6, 6.07) is -0.170. The summed E-state index contributed by atoms with van der Waals surface area (Å²) in [6.07, 6.45) is 0.911. The summed E-state index contributed by atoms with van der Waals surface area (Å²) < 4.78 is 5.12. The van der Waals surface area contributed by atoms with E-state index in [9.17, 15) is 4.79 Å². The standard InChI is InChI=1S/C8H14N2O3/c9-7-5-12-4-6(7)8(11)10-2-1-3-13-10/h6-7H,1-5,9H2. The number of hydrogen-bond acceptors (Lipinski definition) is 4. The van der Waals surface area contributed by atoms with Crippen molar-refractivity contribution in [3.63, 3.8) is 0 Å². The summed E-state index contributed by atoms with van der Waals surface area (Å²) in [7, 11) is 0. The highest BCUT2D eigenvalue weighted by molar-refractivity contribution is 5.79. The molecule has 0 aromatic rings. The van der Waals surface area contributed by atoms with E-state index in [4.69, 9.17) is 15.3 Å². The Labute approximate surface area is 76.7 Å². The molecule has 2 N–H and O–H groups in total. The van der Waals surface area contributed by atoms with Crippen LogP contribution in [0.4, 0.5) is 0 Å². The number of nitrogens with two attached hydrogens (primary N) is 1. The lowest BCUT2D eigenvalue weighted by Crippen LogP contribution is -2.41. The maximum absolute atomic E-state index is 11.7. The van der Waals surface area contributed by atoms with Gasteiger partial charge in [0.2, 0.25) is 0 Å². The van der Waals surface area contributed by atoms with E-state index in [2.05, 4.69) is 0 Å². The fourth-order valence-corrected chi connectivity index (χ4v) is 1.63. The van der Waals surface area contributed by atoms with Gasteiger partial charge in [-0.3, -0.25) is 9.63 Å². The number of nitrogens with zero attached hydrogens (tertiary/aromatic N) is 1. The molecule has 13 heavy (non-hydrogen) atoms. The lowest BCUT2D eigenvalue weighted by atomic mass is 10.0. The van der Waals surface area contributed by atoms with Gasteiger partial charge in [0, 0.05) is 6.04 Å². The van der Waals surface area contributed by atoms with Crippen LogP contribution in [0.2, 0.25) is 0 Å². The molecule has 2 aliphatic heterocycles. The second-order valence-corrected chi connectivity index (χ2v) is 3.43. The predicted molar refractivity (Wildman–Crippen MR) is 44.6 cm³/mol. The van der Waals surface area contributed by atoms with Crippen LogP contribution in [0, 0.1) is 5.92 Å². The summed E-state index contributed by atoms with van der Waals surface area (Å²) >= 11 is 0. The molecule has 2 saturated heterocycles. The van der Waals surface area contributed by atoms with Crippen molar-refractivity contribution in [1.29, 1.82) is 0 Å². The third-order valence-corrected chi connectivity index (χ3v) is 2.44. The van der Waals surface area contributed by atoms with Crippen LogP contribution in [0.1, 0.15) is 6.42 Å². The van der Waals surface area contributed by atoms with Gasteiger partial charge in [-0.25, -0.2) is 5.06 Å². The second kappa shape index (κ2) is 3.61. The Morgan fingerprint density at radius 1 is 1.46 bits per heavy atom. The van der Waals surface area contributed by atoms with Crippen LogP contribution < -0.4 is 5.73 Å². The summed E-state index contributed by atoms with van der Waals surface area (Å²) in [5, 5.41) is 1.42. The van der Waals surface area contributed by atoms with Crippen molar-refractivity contribution in [3.05, 3.63) is 0 Å². The molecular weight excluding hydrogens is 172 g/mol. The smallest absolute Gasteiger partial charge is 0.253 e. The van der Waals surface area contributed by atoms with E-state index in [0.29, 0.717) is 26.4 Å². The number of hydrogen-bond donors (Lipinski definition) is 1. The molecule has 0 aromatic carbocycles. The van der Waals surface area contributed by atoms with Crippen LogP contribution in [0.3, 0.4) is 0 Å². The molecular formula is C8H14N2O3. The molecule has 2 atom stereocenters. The summed E-state index contributed by atoms with van der Waals surface area (Å²) in [5.74, 6) is -0.236. The maximum atomic E-state index is 11.7. The van der Waals surface area contributed by atoms with E-state index >= 15 is 0 Å². The third kappa shape index (κ3) is 1.67. The van der Waals surface area contributed by atoms with Crippen molar-refractivity contribution in [2.45, 2.75) is 12.5 Å². The quantitative estimate of drug-likeness (QED) is 0.578. The summed E-state index contributed by atoms with van der Waals surface area (Å²) in [6.45, 7) is 2.22. The SMILES string of the molecule is NC1COCC1C(=O)N1CCCO1. The monoisotopic (exact) mass is 186 g/mol. The zero-order valence-corrected chi connectivity index (χ0v) is 7.44. The lowest BCUT2D eigenvalue weighted by Gasteiger charge is -2.19. The van der Waals surface area contributed by atoms with Crippen LogP contribution in [-0.4, -0.2) is 43.4 Å². The molecule has 0 aliphatic carbocycles. The van der Waals surface area contributed by atoms with Crippen LogP contribution >= 0.6 is 0 Å². The van der Waals surface area contributed by atoms with Crippen LogP contribution in [0.25, 0.3) is 0 Å². The molecule has 0 saturated carbocycles. The third-order valence-electron chi connectivity index (χ3n) is 2.44. The largest absolute Gasteiger partial charge is 0.379 e. The fraction of sp³-hybridized carbons (Fsp3) is 0.875. The molecule has 5 heteroatoms. The first kappa shape index (κ1) is 8.93. The molecule has 0 aromatic heterocycles. The van der Waals surface area contributed by atoms with Crippen molar-refractivity contribution < 1.29 is 14.4 Å². The van der Waals surface area contributed by atoms with Crippen molar-refractivity contribution in [1.82, 2.24) is 5.06 Å². The number of amides is 1. The Morgan fingerprint density at radius 2 is 2.31 bits per heavy atom. The number of rotatable bonds is 1. The van der Waals surface area contributed by atoms with Gasteiger partial charge in [0.1, 0.15) is 0 Å². The Kier molecular flexibility index (Phi) is 2.48. The van der Waals surface area contributed by atoms with Crippen molar-refractivity contribution in [3.8, 4) is 0 Å². The number of carbonyl (C=O) groups excluding carboxylic acids is 1. The van der Waals surface area contributed by atoms with Crippen LogP contribution in [0.15, 0.2) is 0 Å². The van der Waals surface area contributed by atoms with Gasteiger partial charge in [-0.05, 0) is 6.42 Å². The predicted octanol–water partition coefficient (Wildman–Crippen LogP) is -0.876. The molecule has 0 radical (unpaired) electrons. The van der Waals surface area contributed by atoms with E-state index in [1.54, 1.807) is 0 Å². The first-order chi connectivity index (χ1) is 6.29. The van der Waals surface area contributed by atoms with E-state index in [1.807, 2.05) is 0 Å². The van der Waals surface area contributed by atoms with E-state index < -0.39 is 0 Å². The van der Waals surface area contributed by atoms with Gasteiger partial charge < -0.3 is 10.5 Å². The van der Waals surface area contributed by atoms with Gasteiger partial charge in [0.05, 0.1) is 32.3 Å². The Morgan fingerprint density at radius 3 is 2.85 bits per heavy atom. The van der Waals surface area contributed by atoms with E-state index in [1.165, 1.54) is 5.06 Å². The minimum atomic E-state index is -0.210. The molecule has 2 heterocycles. The summed E-state index contributed by atoms with van der Waals surface area (Å²) in [4.78, 5) is 16.8. The average molecular weight is 186 g/mol. The molecule has 0 spiro atoms. The first-order valence-electron chi connectivity index (χ1n) is 4.56. The van der Waals surface area contributed by atoms with Crippen LogP contribution in [-0.2, 0) is 14.4 Å². The summed E-state index contributed by atoms with van der Waals surface area (Å²) in [5.41, 5.74) is 5.72. The molecule has 2 aliphatic rings. The van der Waals surface area contributed by atoms with Gasteiger partial charge in [-0.1, -0.05) is 0 Å². The average Bonchev–Trinajstić information content (AvgIpc) is 2.72. The van der Waals surface area contributed by atoms with Gasteiger partial charge >= 0.3 is 0 Å². The Hall–Kier alpha value is -0.650. The van der Waals surface area contributed by atoms with E-state index in [-0.39, 0.29) is 17.9 Å². The lowest BCUT2D eigenvalue weighted by molar-refractivity contribution is -0.173. The molecule has 2 fully saturated rings. The van der Waals surface area contributed by atoms with Crippen LogP contribution in [0.5, 0.6) is 0 Å². The highest BCUT2D eigenvalue weighted by Crippen LogP contribution is 2.17. The number of hydroxylamine groups is 2. The first-order valence-corrected chi connectivity index (χ1v) is 4.56. The number of ether oxygens (including phenoxy) is 1. The van der Waals surface area contributed by atoms with Gasteiger partial charge in [-0.2, -0.15) is 0 Å². The van der Waals surface area contributed by atoms with E-state index in [0.717, 1.165) is 6.42 Å². The normalized spacial score (nSPS) is 34.1. The molecule has 5 nitrogen and oxygen atoms in total. The molecule has 74 valence electrons. The molecule has 2 rings (SSSR count). The second-order valence-electron chi connectivity index (χ2n) is 3.43. The molecule has 2 unspecified atom stereocenters. The van der Waals surface area contributed by atoms with Gasteiger partial charge in [0.15, 0.2) is 0 Å². The van der Waals surface area contributed by atoms with Gasteiger partial charge in [-0.15, -0.1) is 0 Å². The minimum absolute atomic E-state index is 0.0255.